The Bertz CT molecular complexity index is 843. The summed E-state index contributed by atoms with van der Waals surface area (Å²) in [4.78, 5) is 40.9. The predicted octanol–water partition coefficient (Wildman–Crippen LogP) is -0.606. The van der Waals surface area contributed by atoms with Gasteiger partial charge in [-0.25, -0.2) is 4.39 Å². The predicted molar refractivity (Wildman–Crippen MR) is 123 cm³/mol. The second kappa shape index (κ2) is 12.7. The number of hydrogen-bond donors (Lipinski definition) is 6. The maximum Gasteiger partial charge on any atom is 0.240 e. The highest BCUT2D eigenvalue weighted by Gasteiger charge is 2.31. The number of nitrogens with zero attached hydrogens (tertiary/aromatic N) is 1. The molecule has 0 unspecified atom stereocenters. The molecule has 3 amide bonds. The fourth-order valence-corrected chi connectivity index (χ4v) is 3.89. The van der Waals surface area contributed by atoms with E-state index in [9.17, 15) is 18.8 Å². The summed E-state index contributed by atoms with van der Waals surface area (Å²) in [5.41, 5.74) is 22.6. The summed E-state index contributed by atoms with van der Waals surface area (Å²) >= 11 is 0. The minimum Gasteiger partial charge on any atom is -0.370 e. The molecule has 33 heavy (non-hydrogen) atoms. The van der Waals surface area contributed by atoms with Gasteiger partial charge in [0.15, 0.2) is 5.96 Å². The van der Waals surface area contributed by atoms with Crippen LogP contribution in [0.5, 0.6) is 0 Å². The lowest BCUT2D eigenvalue weighted by atomic mass is 9.84. The smallest absolute Gasteiger partial charge is 0.240 e. The van der Waals surface area contributed by atoms with Gasteiger partial charge in [0.1, 0.15) is 11.9 Å². The third-order valence-electron chi connectivity index (χ3n) is 5.71. The summed E-state index contributed by atoms with van der Waals surface area (Å²) in [7, 11) is 0. The van der Waals surface area contributed by atoms with Crippen LogP contribution in [-0.2, 0) is 20.8 Å². The maximum absolute atomic E-state index is 13.1. The molecule has 0 heterocycles. The minimum atomic E-state index is -0.906. The molecule has 0 saturated heterocycles. The van der Waals surface area contributed by atoms with Gasteiger partial charge in [-0.15, -0.1) is 0 Å². The zero-order valence-electron chi connectivity index (χ0n) is 18.6. The average Bonchev–Trinajstić information content (AvgIpc) is 2.77. The molecule has 11 heteroatoms. The van der Waals surface area contributed by atoms with E-state index in [0.717, 1.165) is 12.8 Å². The van der Waals surface area contributed by atoms with Crippen molar-refractivity contribution in [2.75, 3.05) is 6.54 Å². The molecule has 2 rings (SSSR count). The third kappa shape index (κ3) is 9.05. The van der Waals surface area contributed by atoms with Gasteiger partial charge in [0.05, 0.1) is 6.04 Å². The summed E-state index contributed by atoms with van der Waals surface area (Å²) < 4.78 is 13.1. The Morgan fingerprint density at radius 2 is 1.82 bits per heavy atom. The van der Waals surface area contributed by atoms with Crippen molar-refractivity contribution in [1.29, 1.82) is 0 Å². The van der Waals surface area contributed by atoms with E-state index in [1.165, 1.54) is 12.1 Å². The van der Waals surface area contributed by atoms with Crippen molar-refractivity contribution >= 4 is 23.7 Å². The van der Waals surface area contributed by atoms with Crippen LogP contribution >= 0.6 is 0 Å². The van der Waals surface area contributed by atoms with Gasteiger partial charge in [0, 0.05) is 24.9 Å². The molecular formula is C22H34FN7O3. The van der Waals surface area contributed by atoms with Crippen molar-refractivity contribution in [1.82, 2.24) is 10.6 Å². The fraction of sp³-hybridized carbons (Fsp3) is 0.545. The van der Waals surface area contributed by atoms with Gasteiger partial charge in [-0.2, -0.15) is 0 Å². The Hall–Kier alpha value is -3.21. The zero-order chi connectivity index (χ0) is 24.4. The van der Waals surface area contributed by atoms with E-state index in [0.29, 0.717) is 37.8 Å². The SMILES string of the molecule is NC(=O)[C@H](Cc1ccc(F)cc1)NC(=O)[C@H]1CCC[C@@H](NC(=O)[C@@H](N)CCCN=C(N)N)C1. The van der Waals surface area contributed by atoms with Crippen LogP contribution in [0.3, 0.4) is 0 Å². The van der Waals surface area contributed by atoms with Crippen LogP contribution in [0.15, 0.2) is 29.3 Å². The Labute approximate surface area is 192 Å². The zero-order valence-corrected chi connectivity index (χ0v) is 18.6. The summed E-state index contributed by atoms with van der Waals surface area (Å²) in [5.74, 6) is -1.99. The van der Waals surface area contributed by atoms with Crippen molar-refractivity contribution in [3.63, 3.8) is 0 Å². The second-order valence-electron chi connectivity index (χ2n) is 8.42. The number of aliphatic imine (C=N–C) groups is 1. The highest BCUT2D eigenvalue weighted by atomic mass is 19.1. The number of hydrogen-bond acceptors (Lipinski definition) is 5. The van der Waals surface area contributed by atoms with Crippen molar-refractivity contribution in [3.8, 4) is 0 Å². The Balaban J connectivity index is 1.85. The summed E-state index contributed by atoms with van der Waals surface area (Å²) in [5, 5.41) is 5.63. The number of carbonyl (C=O) groups excluding carboxylic acids is 3. The van der Waals surface area contributed by atoms with Gasteiger partial charge in [-0.05, 0) is 49.8 Å². The number of primary amides is 1. The molecule has 10 N–H and O–H groups in total. The molecule has 4 atom stereocenters. The van der Waals surface area contributed by atoms with Gasteiger partial charge >= 0.3 is 0 Å². The minimum absolute atomic E-state index is 0.00390. The molecule has 1 fully saturated rings. The molecule has 0 bridgehead atoms. The quantitative estimate of drug-likeness (QED) is 0.144. The van der Waals surface area contributed by atoms with Crippen LogP contribution in [-0.4, -0.2) is 48.4 Å². The van der Waals surface area contributed by atoms with Gasteiger partial charge in [0.25, 0.3) is 0 Å². The third-order valence-corrected chi connectivity index (χ3v) is 5.71. The molecule has 0 spiro atoms. The standard InChI is InChI=1S/C22H34FN7O3/c23-15-8-6-13(7-9-15)11-18(19(25)31)30-20(32)14-3-1-4-16(12-14)29-21(33)17(24)5-2-10-28-22(26)27/h6-9,14,16-18H,1-5,10-12,24H2,(H2,25,31)(H,29,33)(H,30,32)(H4,26,27,28)/t14-,16+,17-,18-/m0/s1. The number of benzene rings is 1. The first-order valence-corrected chi connectivity index (χ1v) is 11.1. The highest BCUT2D eigenvalue weighted by molar-refractivity contribution is 5.88. The molecule has 0 aromatic heterocycles. The molecular weight excluding hydrogens is 429 g/mol. The monoisotopic (exact) mass is 463 g/mol. The number of carbonyl (C=O) groups is 3. The molecule has 1 saturated carbocycles. The van der Waals surface area contributed by atoms with Gasteiger partial charge in [0.2, 0.25) is 17.7 Å². The van der Waals surface area contributed by atoms with E-state index in [2.05, 4.69) is 15.6 Å². The molecule has 1 aromatic rings. The summed E-state index contributed by atoms with van der Waals surface area (Å²) in [6.07, 6.45) is 3.76. The van der Waals surface area contributed by atoms with Crippen LogP contribution in [0.25, 0.3) is 0 Å². The number of amides is 3. The molecule has 0 radical (unpaired) electrons. The first-order chi connectivity index (χ1) is 15.7. The van der Waals surface area contributed by atoms with Crippen LogP contribution < -0.4 is 33.6 Å². The van der Waals surface area contributed by atoms with E-state index in [4.69, 9.17) is 22.9 Å². The van der Waals surface area contributed by atoms with Crippen molar-refractivity contribution in [3.05, 3.63) is 35.6 Å². The van der Waals surface area contributed by atoms with Crippen molar-refractivity contribution in [2.24, 2.45) is 33.8 Å². The number of nitrogens with one attached hydrogen (secondary N) is 2. The van der Waals surface area contributed by atoms with Crippen molar-refractivity contribution < 1.29 is 18.8 Å². The van der Waals surface area contributed by atoms with Crippen molar-refractivity contribution in [2.45, 2.75) is 63.1 Å². The Morgan fingerprint density at radius 1 is 1.12 bits per heavy atom. The summed E-state index contributed by atoms with van der Waals surface area (Å²) in [6, 6.07) is 3.88. The number of rotatable bonds is 11. The molecule has 1 aromatic carbocycles. The fourth-order valence-electron chi connectivity index (χ4n) is 3.89. The van der Waals surface area contributed by atoms with E-state index in [1.807, 2.05) is 0 Å². The van der Waals surface area contributed by atoms with Gasteiger partial charge in [-0.3, -0.25) is 19.4 Å². The van der Waals surface area contributed by atoms with E-state index < -0.39 is 18.0 Å². The molecule has 182 valence electrons. The summed E-state index contributed by atoms with van der Waals surface area (Å²) in [6.45, 7) is 0.397. The topological polar surface area (TPSA) is 192 Å². The highest BCUT2D eigenvalue weighted by Crippen LogP contribution is 2.25. The van der Waals surface area contributed by atoms with Crippen LogP contribution in [0.1, 0.15) is 44.1 Å². The van der Waals surface area contributed by atoms with E-state index in [-0.39, 0.29) is 42.0 Å². The average molecular weight is 464 g/mol. The molecule has 0 aliphatic heterocycles. The van der Waals surface area contributed by atoms with Gasteiger partial charge < -0.3 is 33.6 Å². The van der Waals surface area contributed by atoms with Gasteiger partial charge in [-0.1, -0.05) is 18.6 Å². The second-order valence-corrected chi connectivity index (χ2v) is 8.42. The lowest BCUT2D eigenvalue weighted by Crippen LogP contribution is -2.51. The van der Waals surface area contributed by atoms with Crippen LogP contribution in [0, 0.1) is 11.7 Å². The number of nitrogens with two attached hydrogens (primary N) is 4. The normalized spacial score (nSPS) is 19.7. The lowest BCUT2D eigenvalue weighted by Gasteiger charge is -2.30. The van der Waals surface area contributed by atoms with Crippen LogP contribution in [0.2, 0.25) is 0 Å². The number of guanidine groups is 1. The molecule has 1 aliphatic rings. The first kappa shape index (κ1) is 26.0. The Kier molecular flexibility index (Phi) is 10.0. The van der Waals surface area contributed by atoms with Crippen LogP contribution in [0.4, 0.5) is 4.39 Å². The number of halogens is 1. The lowest BCUT2D eigenvalue weighted by molar-refractivity contribution is -0.131. The molecule has 10 nitrogen and oxygen atoms in total. The maximum atomic E-state index is 13.1. The largest absolute Gasteiger partial charge is 0.370 e. The van der Waals surface area contributed by atoms with E-state index >= 15 is 0 Å². The molecule has 1 aliphatic carbocycles. The van der Waals surface area contributed by atoms with E-state index in [1.54, 1.807) is 12.1 Å². The Morgan fingerprint density at radius 3 is 2.45 bits per heavy atom. The first-order valence-electron chi connectivity index (χ1n) is 11.1.